The highest BCUT2D eigenvalue weighted by Gasteiger charge is 2.36. The van der Waals surface area contributed by atoms with Crippen LogP contribution >= 0.6 is 43.2 Å². The Labute approximate surface area is 252 Å². The number of hydrogen-bond acceptors (Lipinski definition) is 8. The molecule has 40 heavy (non-hydrogen) atoms. The van der Waals surface area contributed by atoms with E-state index in [1.165, 1.54) is 15.9 Å². The van der Waals surface area contributed by atoms with E-state index in [-0.39, 0.29) is 17.7 Å². The van der Waals surface area contributed by atoms with Gasteiger partial charge in [-0.2, -0.15) is 0 Å². The zero-order chi connectivity index (χ0) is 29.0. The zero-order valence-electron chi connectivity index (χ0n) is 22.5. The molecule has 1 atom stereocenters. The molecule has 0 aliphatic carbocycles. The number of carbonyl (C=O) groups is 1. The van der Waals surface area contributed by atoms with Crippen LogP contribution in [0.25, 0.3) is 6.08 Å². The molecule has 0 N–H and O–H groups in total. The Morgan fingerprint density at radius 1 is 1.15 bits per heavy atom. The average Bonchev–Trinajstić information content (AvgIpc) is 3.22. The van der Waals surface area contributed by atoms with E-state index in [9.17, 15) is 9.59 Å². The number of hydrogen-bond donors (Lipinski definition) is 0. The molecule has 1 aliphatic heterocycles. The van der Waals surface area contributed by atoms with E-state index in [1.54, 1.807) is 45.2 Å². The molecule has 0 saturated carbocycles. The van der Waals surface area contributed by atoms with Crippen molar-refractivity contribution in [1.29, 1.82) is 0 Å². The third-order valence-electron chi connectivity index (χ3n) is 5.99. The molecular formula is C29H28Br2N2O6S. The predicted octanol–water partition coefficient (Wildman–Crippen LogP) is 5.30. The van der Waals surface area contributed by atoms with Crippen LogP contribution < -0.4 is 29.1 Å². The SMILES string of the molecule is C=CCOc1c(Br)cc(/C=c2/sc3n(c2=O)[C@H](c2cccc(OC)c2OCC)C(C(=O)OCC)=C(C)N=3)cc1Br. The van der Waals surface area contributed by atoms with Crippen LogP contribution in [-0.4, -0.2) is 37.5 Å². The van der Waals surface area contributed by atoms with E-state index in [0.29, 0.717) is 51.1 Å². The van der Waals surface area contributed by atoms with E-state index in [0.717, 1.165) is 14.5 Å². The quantitative estimate of drug-likeness (QED) is 0.212. The Bertz CT molecular complexity index is 1650. The standard InChI is InChI=1S/C29H28Br2N2O6S/c1-6-12-39-26-19(30)13-17(14-20(26)31)15-22-27(34)33-24(18-10-9-11-21(36-5)25(18)37-7-2)23(28(35)38-8-3)16(4)32-29(33)40-22/h6,9-11,13-15,24H,1,7-8,12H2,2-5H3/b22-15+/t24-/m1/s1. The van der Waals surface area contributed by atoms with Crippen LogP contribution in [0.4, 0.5) is 0 Å². The fourth-order valence-electron chi connectivity index (χ4n) is 4.39. The molecule has 2 aromatic carbocycles. The largest absolute Gasteiger partial charge is 0.493 e. The first-order valence-corrected chi connectivity index (χ1v) is 14.9. The number of fused-ring (bicyclic) bond motifs is 1. The maximum atomic E-state index is 14.0. The minimum absolute atomic E-state index is 0.180. The Hall–Kier alpha value is -3.15. The van der Waals surface area contributed by atoms with Crippen LogP contribution in [0.5, 0.6) is 17.2 Å². The summed E-state index contributed by atoms with van der Waals surface area (Å²) in [6, 6.07) is 8.30. The summed E-state index contributed by atoms with van der Waals surface area (Å²) in [4.78, 5) is 32.4. The summed E-state index contributed by atoms with van der Waals surface area (Å²) >= 11 is 8.34. The number of nitrogens with zero attached hydrogens (tertiary/aromatic N) is 2. The second-order valence-electron chi connectivity index (χ2n) is 8.53. The number of benzene rings is 2. The van der Waals surface area contributed by atoms with Crippen molar-refractivity contribution in [2.45, 2.75) is 26.8 Å². The molecule has 0 fully saturated rings. The number of para-hydroxylation sites is 1. The molecule has 210 valence electrons. The Balaban J connectivity index is 1.96. The van der Waals surface area contributed by atoms with E-state index >= 15 is 0 Å². The molecule has 0 radical (unpaired) electrons. The fraction of sp³-hybridized carbons (Fsp3) is 0.276. The van der Waals surface area contributed by atoms with Gasteiger partial charge in [-0.1, -0.05) is 36.1 Å². The molecule has 4 rings (SSSR count). The van der Waals surface area contributed by atoms with Gasteiger partial charge in [-0.05, 0) is 82.5 Å². The molecule has 8 nitrogen and oxygen atoms in total. The number of halogens is 2. The fourth-order valence-corrected chi connectivity index (χ4v) is 6.89. The summed E-state index contributed by atoms with van der Waals surface area (Å²) in [7, 11) is 1.55. The number of rotatable bonds is 10. The van der Waals surface area contributed by atoms with Crippen LogP contribution in [0.3, 0.4) is 0 Å². The molecular weight excluding hydrogens is 664 g/mol. The minimum Gasteiger partial charge on any atom is -0.493 e. The number of ether oxygens (including phenoxy) is 4. The highest BCUT2D eigenvalue weighted by atomic mass is 79.9. The van der Waals surface area contributed by atoms with Crippen LogP contribution in [0, 0.1) is 0 Å². The van der Waals surface area contributed by atoms with Gasteiger partial charge in [0.1, 0.15) is 18.4 Å². The first-order valence-electron chi connectivity index (χ1n) is 12.5. The summed E-state index contributed by atoms with van der Waals surface area (Å²) in [6.07, 6.45) is 3.45. The highest BCUT2D eigenvalue weighted by molar-refractivity contribution is 9.11. The maximum Gasteiger partial charge on any atom is 0.338 e. The number of aromatic nitrogens is 1. The van der Waals surface area contributed by atoms with E-state index in [4.69, 9.17) is 18.9 Å². The molecule has 0 amide bonds. The molecule has 11 heteroatoms. The van der Waals surface area contributed by atoms with Crippen molar-refractivity contribution in [3.8, 4) is 17.2 Å². The van der Waals surface area contributed by atoms with Crippen molar-refractivity contribution >= 4 is 55.2 Å². The first kappa shape index (κ1) is 29.8. The number of thiazole rings is 1. The molecule has 3 aromatic rings. The average molecular weight is 692 g/mol. The van der Waals surface area contributed by atoms with Crippen LogP contribution in [0.2, 0.25) is 0 Å². The molecule has 2 heterocycles. The van der Waals surface area contributed by atoms with Gasteiger partial charge in [0, 0.05) is 5.56 Å². The molecule has 0 bridgehead atoms. The van der Waals surface area contributed by atoms with Gasteiger partial charge < -0.3 is 18.9 Å². The zero-order valence-corrected chi connectivity index (χ0v) is 26.4. The maximum absolute atomic E-state index is 14.0. The number of methoxy groups -OCH3 is 1. The lowest BCUT2D eigenvalue weighted by Gasteiger charge is -2.26. The summed E-state index contributed by atoms with van der Waals surface area (Å²) in [5.41, 5.74) is 1.80. The van der Waals surface area contributed by atoms with Crippen LogP contribution in [0.15, 0.2) is 73.0 Å². The van der Waals surface area contributed by atoms with E-state index in [2.05, 4.69) is 43.4 Å². The predicted molar refractivity (Wildman–Crippen MR) is 162 cm³/mol. The van der Waals surface area contributed by atoms with Crippen molar-refractivity contribution in [1.82, 2.24) is 4.57 Å². The molecule has 1 aromatic heterocycles. The summed E-state index contributed by atoms with van der Waals surface area (Å²) < 4.78 is 26.1. The van der Waals surface area contributed by atoms with Crippen molar-refractivity contribution in [3.05, 3.63) is 94.0 Å². The van der Waals surface area contributed by atoms with Gasteiger partial charge in [0.15, 0.2) is 16.3 Å². The van der Waals surface area contributed by atoms with Gasteiger partial charge in [-0.3, -0.25) is 9.36 Å². The summed E-state index contributed by atoms with van der Waals surface area (Å²) in [5.74, 6) is 1.03. The first-order chi connectivity index (χ1) is 19.2. The molecule has 0 unspecified atom stereocenters. The second kappa shape index (κ2) is 13.0. The minimum atomic E-state index is -0.831. The highest BCUT2D eigenvalue weighted by Crippen LogP contribution is 2.41. The Morgan fingerprint density at radius 2 is 1.88 bits per heavy atom. The van der Waals surface area contributed by atoms with Gasteiger partial charge in [0.2, 0.25) is 0 Å². The number of allylic oxidation sites excluding steroid dienone is 1. The summed E-state index contributed by atoms with van der Waals surface area (Å²) in [5, 5.41) is 0. The number of esters is 1. The van der Waals surface area contributed by atoms with Gasteiger partial charge in [-0.15, -0.1) is 0 Å². The van der Waals surface area contributed by atoms with Gasteiger partial charge in [0.05, 0.1) is 45.1 Å². The van der Waals surface area contributed by atoms with Crippen molar-refractivity contribution < 1.29 is 23.7 Å². The lowest BCUT2D eigenvalue weighted by atomic mass is 9.94. The Kier molecular flexibility index (Phi) is 9.70. The van der Waals surface area contributed by atoms with Crippen LogP contribution in [0.1, 0.15) is 37.9 Å². The van der Waals surface area contributed by atoms with Gasteiger partial charge in [0.25, 0.3) is 5.56 Å². The summed E-state index contributed by atoms with van der Waals surface area (Å²) in [6.45, 7) is 9.92. The van der Waals surface area contributed by atoms with Crippen molar-refractivity contribution in [2.75, 3.05) is 26.9 Å². The van der Waals surface area contributed by atoms with Gasteiger partial charge in [-0.25, -0.2) is 9.79 Å². The lowest BCUT2D eigenvalue weighted by Crippen LogP contribution is -2.40. The third kappa shape index (κ3) is 5.82. The van der Waals surface area contributed by atoms with Crippen molar-refractivity contribution in [3.63, 3.8) is 0 Å². The lowest BCUT2D eigenvalue weighted by molar-refractivity contribution is -0.139. The molecule has 0 spiro atoms. The smallest absolute Gasteiger partial charge is 0.338 e. The number of carbonyl (C=O) groups excluding carboxylic acids is 1. The monoisotopic (exact) mass is 690 g/mol. The topological polar surface area (TPSA) is 88.3 Å². The third-order valence-corrected chi connectivity index (χ3v) is 8.15. The van der Waals surface area contributed by atoms with Gasteiger partial charge >= 0.3 is 5.97 Å². The normalized spacial score (nSPS) is 14.8. The second-order valence-corrected chi connectivity index (χ2v) is 11.2. The van der Waals surface area contributed by atoms with Crippen LogP contribution in [-0.2, 0) is 9.53 Å². The van der Waals surface area contributed by atoms with E-state index < -0.39 is 12.0 Å². The van der Waals surface area contributed by atoms with Crippen molar-refractivity contribution in [2.24, 2.45) is 4.99 Å². The van der Waals surface area contributed by atoms with E-state index in [1.807, 2.05) is 25.1 Å². The molecule has 0 saturated heterocycles. The Morgan fingerprint density at radius 3 is 2.50 bits per heavy atom. The molecule has 1 aliphatic rings.